The van der Waals surface area contributed by atoms with E-state index in [4.69, 9.17) is 4.74 Å². The Labute approximate surface area is 103 Å². The summed E-state index contributed by atoms with van der Waals surface area (Å²) in [7, 11) is 0. The van der Waals surface area contributed by atoms with E-state index in [0.29, 0.717) is 13.2 Å². The molecular formula is C14H22FNO. The molecule has 1 unspecified atom stereocenters. The second-order valence-electron chi connectivity index (χ2n) is 4.14. The van der Waals surface area contributed by atoms with Crippen LogP contribution in [0.3, 0.4) is 0 Å². The highest BCUT2D eigenvalue weighted by atomic mass is 19.1. The van der Waals surface area contributed by atoms with Crippen LogP contribution in [0.25, 0.3) is 0 Å². The molecule has 0 aliphatic rings. The number of halogens is 1. The highest BCUT2D eigenvalue weighted by Crippen LogP contribution is 2.07. The molecule has 2 nitrogen and oxygen atoms in total. The van der Waals surface area contributed by atoms with E-state index in [1.165, 1.54) is 6.07 Å². The Hall–Kier alpha value is -0.930. The lowest BCUT2D eigenvalue weighted by molar-refractivity contribution is 0.122. The molecule has 1 rings (SSSR count). The summed E-state index contributed by atoms with van der Waals surface area (Å²) >= 11 is 0. The minimum atomic E-state index is -0.173. The van der Waals surface area contributed by atoms with Crippen molar-refractivity contribution in [3.8, 4) is 0 Å². The summed E-state index contributed by atoms with van der Waals surface area (Å²) in [6, 6.07) is 7.03. The quantitative estimate of drug-likeness (QED) is 0.753. The molecule has 1 aromatic carbocycles. The third kappa shape index (κ3) is 5.80. The van der Waals surface area contributed by atoms with E-state index in [9.17, 15) is 4.39 Å². The van der Waals surface area contributed by atoms with Crippen LogP contribution in [0.5, 0.6) is 0 Å². The zero-order chi connectivity index (χ0) is 12.5. The van der Waals surface area contributed by atoms with Crippen molar-refractivity contribution < 1.29 is 9.13 Å². The molecule has 1 N–H and O–H groups in total. The van der Waals surface area contributed by atoms with Gasteiger partial charge in [0, 0.05) is 12.6 Å². The van der Waals surface area contributed by atoms with Crippen molar-refractivity contribution in [2.45, 2.75) is 32.7 Å². The van der Waals surface area contributed by atoms with Gasteiger partial charge in [-0.3, -0.25) is 0 Å². The van der Waals surface area contributed by atoms with Gasteiger partial charge in [0.25, 0.3) is 0 Å². The Morgan fingerprint density at radius 1 is 1.35 bits per heavy atom. The van der Waals surface area contributed by atoms with Gasteiger partial charge in [0.15, 0.2) is 0 Å². The fourth-order valence-corrected chi connectivity index (χ4v) is 1.75. The minimum absolute atomic E-state index is 0.173. The molecule has 0 spiro atoms. The Morgan fingerprint density at radius 3 is 2.82 bits per heavy atom. The predicted octanol–water partition coefficient (Wildman–Crippen LogP) is 2.77. The molecule has 0 bridgehead atoms. The fraction of sp³-hybridized carbons (Fsp3) is 0.571. The highest BCUT2D eigenvalue weighted by Gasteiger charge is 2.09. The average molecular weight is 239 g/mol. The van der Waals surface area contributed by atoms with Gasteiger partial charge in [-0.1, -0.05) is 19.1 Å². The van der Waals surface area contributed by atoms with Crippen LogP contribution in [0.4, 0.5) is 4.39 Å². The Kier molecular flexibility index (Phi) is 6.82. The van der Waals surface area contributed by atoms with Crippen molar-refractivity contribution in [3.05, 3.63) is 35.6 Å². The molecule has 0 aliphatic heterocycles. The van der Waals surface area contributed by atoms with E-state index in [-0.39, 0.29) is 11.9 Å². The summed E-state index contributed by atoms with van der Waals surface area (Å²) in [6.45, 7) is 6.47. The highest BCUT2D eigenvalue weighted by molar-refractivity contribution is 5.17. The van der Waals surface area contributed by atoms with Crippen molar-refractivity contribution in [3.63, 3.8) is 0 Å². The maximum Gasteiger partial charge on any atom is 0.123 e. The van der Waals surface area contributed by atoms with Gasteiger partial charge in [-0.15, -0.1) is 0 Å². The smallest absolute Gasteiger partial charge is 0.123 e. The van der Waals surface area contributed by atoms with Crippen molar-refractivity contribution in [1.82, 2.24) is 5.32 Å². The fourth-order valence-electron chi connectivity index (χ4n) is 1.75. The first-order chi connectivity index (χ1) is 8.26. The second-order valence-corrected chi connectivity index (χ2v) is 4.14. The van der Waals surface area contributed by atoms with Crippen molar-refractivity contribution >= 4 is 0 Å². The lowest BCUT2D eigenvalue weighted by atomic mass is 10.1. The summed E-state index contributed by atoms with van der Waals surface area (Å²) in [5.41, 5.74) is 1.01. The predicted molar refractivity (Wildman–Crippen MR) is 68.7 cm³/mol. The molecule has 17 heavy (non-hydrogen) atoms. The van der Waals surface area contributed by atoms with E-state index in [2.05, 4.69) is 12.2 Å². The zero-order valence-corrected chi connectivity index (χ0v) is 10.7. The summed E-state index contributed by atoms with van der Waals surface area (Å²) in [4.78, 5) is 0. The van der Waals surface area contributed by atoms with Gasteiger partial charge < -0.3 is 10.1 Å². The van der Waals surface area contributed by atoms with Gasteiger partial charge in [-0.05, 0) is 44.0 Å². The molecule has 1 atom stereocenters. The van der Waals surface area contributed by atoms with Crippen LogP contribution in [0.2, 0.25) is 0 Å². The van der Waals surface area contributed by atoms with E-state index in [0.717, 1.165) is 24.9 Å². The van der Waals surface area contributed by atoms with Crippen molar-refractivity contribution in [1.29, 1.82) is 0 Å². The molecule has 1 aromatic rings. The van der Waals surface area contributed by atoms with Crippen LogP contribution < -0.4 is 5.32 Å². The average Bonchev–Trinajstić information content (AvgIpc) is 2.32. The number of rotatable bonds is 8. The topological polar surface area (TPSA) is 21.3 Å². The van der Waals surface area contributed by atoms with E-state index >= 15 is 0 Å². The third-order valence-electron chi connectivity index (χ3n) is 2.58. The Morgan fingerprint density at radius 2 is 2.18 bits per heavy atom. The van der Waals surface area contributed by atoms with Gasteiger partial charge in [0.2, 0.25) is 0 Å². The molecular weight excluding hydrogens is 217 g/mol. The number of benzene rings is 1. The first-order valence-corrected chi connectivity index (χ1v) is 6.31. The summed E-state index contributed by atoms with van der Waals surface area (Å²) in [6.07, 6.45) is 1.89. The SMILES string of the molecule is CCCNC(COCC)Cc1cccc(F)c1. The number of ether oxygens (including phenoxy) is 1. The molecule has 0 saturated carbocycles. The number of hydrogen-bond acceptors (Lipinski definition) is 2. The van der Waals surface area contributed by atoms with Gasteiger partial charge >= 0.3 is 0 Å². The lowest BCUT2D eigenvalue weighted by Gasteiger charge is -2.18. The summed E-state index contributed by atoms with van der Waals surface area (Å²) in [5, 5.41) is 3.42. The van der Waals surface area contributed by atoms with E-state index < -0.39 is 0 Å². The van der Waals surface area contributed by atoms with Gasteiger partial charge in [0.1, 0.15) is 5.82 Å². The van der Waals surface area contributed by atoms with Gasteiger partial charge in [0.05, 0.1) is 6.61 Å². The largest absolute Gasteiger partial charge is 0.380 e. The monoisotopic (exact) mass is 239 g/mol. The summed E-state index contributed by atoms with van der Waals surface area (Å²) < 4.78 is 18.5. The van der Waals surface area contributed by atoms with Crippen LogP contribution in [-0.4, -0.2) is 25.8 Å². The molecule has 3 heteroatoms. The van der Waals surface area contributed by atoms with Gasteiger partial charge in [-0.25, -0.2) is 4.39 Å². The van der Waals surface area contributed by atoms with E-state index in [1.54, 1.807) is 12.1 Å². The normalized spacial score (nSPS) is 12.6. The standard InChI is InChI=1S/C14H22FNO/c1-3-8-16-14(11-17-4-2)10-12-6-5-7-13(15)9-12/h5-7,9,14,16H,3-4,8,10-11H2,1-2H3. The summed E-state index contributed by atoms with van der Waals surface area (Å²) in [5.74, 6) is -0.173. The van der Waals surface area contributed by atoms with Crippen LogP contribution in [0.15, 0.2) is 24.3 Å². The number of hydrogen-bond donors (Lipinski definition) is 1. The molecule has 0 saturated heterocycles. The van der Waals surface area contributed by atoms with Crippen LogP contribution in [0, 0.1) is 5.82 Å². The molecule has 0 radical (unpaired) electrons. The molecule has 0 heterocycles. The molecule has 96 valence electrons. The lowest BCUT2D eigenvalue weighted by Crippen LogP contribution is -2.36. The van der Waals surface area contributed by atoms with Crippen LogP contribution >= 0.6 is 0 Å². The third-order valence-corrected chi connectivity index (χ3v) is 2.58. The zero-order valence-electron chi connectivity index (χ0n) is 10.7. The molecule has 0 aromatic heterocycles. The van der Waals surface area contributed by atoms with Crippen LogP contribution in [0.1, 0.15) is 25.8 Å². The number of nitrogens with one attached hydrogen (secondary N) is 1. The Bertz CT molecular complexity index is 309. The maximum atomic E-state index is 13.1. The van der Waals surface area contributed by atoms with Gasteiger partial charge in [-0.2, -0.15) is 0 Å². The first kappa shape index (κ1) is 14.1. The maximum absolute atomic E-state index is 13.1. The van der Waals surface area contributed by atoms with Crippen molar-refractivity contribution in [2.75, 3.05) is 19.8 Å². The van der Waals surface area contributed by atoms with E-state index in [1.807, 2.05) is 13.0 Å². The van der Waals surface area contributed by atoms with Crippen molar-refractivity contribution in [2.24, 2.45) is 0 Å². The van der Waals surface area contributed by atoms with Crippen LogP contribution in [-0.2, 0) is 11.2 Å². The Balaban J connectivity index is 2.51. The second kappa shape index (κ2) is 8.20. The first-order valence-electron chi connectivity index (χ1n) is 6.31. The molecule has 0 fully saturated rings. The molecule has 0 aliphatic carbocycles. The molecule has 0 amide bonds. The minimum Gasteiger partial charge on any atom is -0.380 e.